The highest BCUT2D eigenvalue weighted by Gasteiger charge is 2.27. The molecule has 132 valence electrons. The lowest BCUT2D eigenvalue weighted by Crippen LogP contribution is -2.46. The molecule has 1 aliphatic rings. The van der Waals surface area contributed by atoms with Crippen molar-refractivity contribution in [3.63, 3.8) is 0 Å². The summed E-state index contributed by atoms with van der Waals surface area (Å²) in [5, 5.41) is 3.12. The first-order valence-corrected chi connectivity index (χ1v) is 8.47. The molecule has 2 heterocycles. The molecule has 0 saturated carbocycles. The summed E-state index contributed by atoms with van der Waals surface area (Å²) in [7, 11) is 3.96. The predicted molar refractivity (Wildman–Crippen MR) is 101 cm³/mol. The highest BCUT2D eigenvalue weighted by Crippen LogP contribution is 2.36. The molecule has 2 aromatic rings. The summed E-state index contributed by atoms with van der Waals surface area (Å²) in [5.74, 6) is 0.649. The predicted octanol–water partition coefficient (Wildman–Crippen LogP) is 3.03. The van der Waals surface area contributed by atoms with E-state index in [0.29, 0.717) is 18.8 Å². The molecule has 1 aromatic carbocycles. The number of hydrogen-bond donors (Lipinski definition) is 1. The number of pyridine rings is 1. The van der Waals surface area contributed by atoms with Crippen molar-refractivity contribution in [3.8, 4) is 5.75 Å². The van der Waals surface area contributed by atoms with Crippen molar-refractivity contribution in [1.29, 1.82) is 0 Å². The fourth-order valence-corrected chi connectivity index (χ4v) is 2.94. The van der Waals surface area contributed by atoms with E-state index in [0.717, 1.165) is 17.1 Å². The number of hydrogen-bond acceptors (Lipinski definition) is 5. The number of carbonyl (C=O) groups excluding carboxylic acids is 1. The zero-order valence-electron chi connectivity index (χ0n) is 14.5. The third kappa shape index (κ3) is 3.64. The van der Waals surface area contributed by atoms with Crippen molar-refractivity contribution in [1.82, 2.24) is 4.98 Å². The lowest BCUT2D eigenvalue weighted by Gasteiger charge is -2.35. The summed E-state index contributed by atoms with van der Waals surface area (Å²) < 4.78 is 5.78. The van der Waals surface area contributed by atoms with Gasteiger partial charge >= 0.3 is 0 Å². The van der Waals surface area contributed by atoms with Crippen LogP contribution in [0.4, 0.5) is 17.1 Å². The van der Waals surface area contributed by atoms with Crippen LogP contribution in [0.2, 0.25) is 5.15 Å². The third-order valence-electron chi connectivity index (χ3n) is 4.22. The van der Waals surface area contributed by atoms with Gasteiger partial charge in [0.1, 0.15) is 18.4 Å². The lowest BCUT2D eigenvalue weighted by atomic mass is 10.1. The number of nitrogens with one attached hydrogen (secondary N) is 1. The van der Waals surface area contributed by atoms with Gasteiger partial charge in [-0.3, -0.25) is 4.79 Å². The monoisotopic (exact) mass is 360 g/mol. The minimum Gasteiger partial charge on any atom is -0.489 e. The van der Waals surface area contributed by atoms with Gasteiger partial charge in [-0.15, -0.1) is 0 Å². The van der Waals surface area contributed by atoms with E-state index in [1.165, 1.54) is 0 Å². The molecule has 0 bridgehead atoms. The Hall–Kier alpha value is -2.47. The van der Waals surface area contributed by atoms with Crippen LogP contribution in [-0.2, 0) is 4.79 Å². The van der Waals surface area contributed by atoms with Gasteiger partial charge in [0, 0.05) is 32.0 Å². The van der Waals surface area contributed by atoms with Crippen molar-refractivity contribution in [3.05, 3.63) is 41.7 Å². The van der Waals surface area contributed by atoms with E-state index >= 15 is 0 Å². The van der Waals surface area contributed by atoms with E-state index in [-0.39, 0.29) is 17.1 Å². The number of carbonyl (C=O) groups is 1. The van der Waals surface area contributed by atoms with E-state index in [1.807, 2.05) is 49.0 Å². The fourth-order valence-electron chi connectivity index (χ4n) is 2.77. The maximum absolute atomic E-state index is 12.7. The smallest absolute Gasteiger partial charge is 0.246 e. The summed E-state index contributed by atoms with van der Waals surface area (Å²) in [6, 6.07) is 9.09. The Morgan fingerprint density at radius 3 is 2.92 bits per heavy atom. The van der Waals surface area contributed by atoms with Crippen LogP contribution in [0.25, 0.3) is 0 Å². The number of fused-ring (bicyclic) bond motifs is 1. The van der Waals surface area contributed by atoms with Crippen LogP contribution < -0.4 is 19.9 Å². The zero-order valence-corrected chi connectivity index (χ0v) is 15.2. The number of nitrogens with zero attached hydrogens (tertiary/aromatic N) is 3. The quantitative estimate of drug-likeness (QED) is 0.849. The van der Waals surface area contributed by atoms with Crippen LogP contribution in [-0.4, -0.2) is 44.2 Å². The molecule has 0 saturated heterocycles. The number of anilines is 3. The molecule has 1 atom stereocenters. The summed E-state index contributed by atoms with van der Waals surface area (Å²) in [4.78, 5) is 20.7. The lowest BCUT2D eigenvalue weighted by molar-refractivity contribution is -0.117. The number of rotatable bonds is 4. The highest BCUT2D eigenvalue weighted by atomic mass is 35.5. The maximum atomic E-state index is 12.7. The van der Waals surface area contributed by atoms with Crippen LogP contribution in [0.1, 0.15) is 6.92 Å². The van der Waals surface area contributed by atoms with E-state index in [4.69, 9.17) is 16.3 Å². The van der Waals surface area contributed by atoms with Crippen molar-refractivity contribution in [2.75, 3.05) is 42.4 Å². The van der Waals surface area contributed by atoms with Gasteiger partial charge in [-0.2, -0.15) is 0 Å². The Morgan fingerprint density at radius 1 is 1.40 bits per heavy atom. The fraction of sp³-hybridized carbons (Fsp3) is 0.333. The van der Waals surface area contributed by atoms with Gasteiger partial charge in [0.25, 0.3) is 0 Å². The standard InChI is InChI=1S/C18H21ClN4O2/c1-12(18(24)21-14-5-4-8-20-17(14)19)23-9-10-25-16-11-13(22(2)3)6-7-15(16)23/h4-8,11-12H,9-10H2,1-3H3,(H,21,24). The van der Waals surface area contributed by atoms with Crippen LogP contribution in [0.5, 0.6) is 5.75 Å². The Bertz CT molecular complexity index is 781. The number of aromatic nitrogens is 1. The molecule has 3 rings (SSSR count). The zero-order chi connectivity index (χ0) is 18.0. The summed E-state index contributed by atoms with van der Waals surface area (Å²) >= 11 is 6.02. The van der Waals surface area contributed by atoms with Crippen molar-refractivity contribution in [2.24, 2.45) is 0 Å². The molecule has 7 heteroatoms. The van der Waals surface area contributed by atoms with Crippen LogP contribution >= 0.6 is 11.6 Å². The first kappa shape index (κ1) is 17.4. The molecule has 6 nitrogen and oxygen atoms in total. The first-order valence-electron chi connectivity index (χ1n) is 8.09. The molecule has 1 aromatic heterocycles. The summed E-state index contributed by atoms with van der Waals surface area (Å²) in [5.41, 5.74) is 2.48. The maximum Gasteiger partial charge on any atom is 0.246 e. The molecule has 0 radical (unpaired) electrons. The number of ether oxygens (including phenoxy) is 1. The molecular weight excluding hydrogens is 340 g/mol. The van der Waals surface area contributed by atoms with Crippen LogP contribution in [0.3, 0.4) is 0 Å². The molecule has 0 aliphatic carbocycles. The van der Waals surface area contributed by atoms with Crippen LogP contribution in [0, 0.1) is 0 Å². The van der Waals surface area contributed by atoms with Gasteiger partial charge in [-0.25, -0.2) is 4.98 Å². The summed E-state index contributed by atoms with van der Waals surface area (Å²) in [6.45, 7) is 3.05. The average Bonchev–Trinajstić information content (AvgIpc) is 2.61. The van der Waals surface area contributed by atoms with E-state index in [9.17, 15) is 4.79 Å². The minimum atomic E-state index is -0.371. The van der Waals surface area contributed by atoms with Gasteiger partial charge < -0.3 is 19.9 Å². The Morgan fingerprint density at radius 2 is 2.20 bits per heavy atom. The van der Waals surface area contributed by atoms with Gasteiger partial charge in [0.2, 0.25) is 5.91 Å². The average molecular weight is 361 g/mol. The molecule has 0 spiro atoms. The molecule has 25 heavy (non-hydrogen) atoms. The second-order valence-electron chi connectivity index (χ2n) is 6.10. The van der Waals surface area contributed by atoms with E-state index < -0.39 is 0 Å². The Labute approximate surface area is 152 Å². The van der Waals surface area contributed by atoms with Crippen molar-refractivity contribution >= 4 is 34.6 Å². The number of amides is 1. The van der Waals surface area contributed by atoms with Crippen molar-refractivity contribution in [2.45, 2.75) is 13.0 Å². The second-order valence-corrected chi connectivity index (χ2v) is 6.45. The highest BCUT2D eigenvalue weighted by molar-refractivity contribution is 6.32. The van der Waals surface area contributed by atoms with Gasteiger partial charge in [-0.05, 0) is 31.2 Å². The van der Waals surface area contributed by atoms with Crippen LogP contribution in [0.15, 0.2) is 36.5 Å². The number of benzene rings is 1. The molecular formula is C18H21ClN4O2. The topological polar surface area (TPSA) is 57.7 Å². The Balaban J connectivity index is 1.80. The van der Waals surface area contributed by atoms with Crippen molar-refractivity contribution < 1.29 is 9.53 Å². The largest absolute Gasteiger partial charge is 0.489 e. The Kier molecular flexibility index (Phi) is 4.99. The first-order chi connectivity index (χ1) is 12.0. The minimum absolute atomic E-state index is 0.139. The third-order valence-corrected chi connectivity index (χ3v) is 4.52. The van der Waals surface area contributed by atoms with E-state index in [1.54, 1.807) is 18.3 Å². The SMILES string of the molecule is CC(C(=O)Nc1cccnc1Cl)N1CCOc2cc(N(C)C)ccc21. The normalized spacial score (nSPS) is 14.3. The molecule has 1 aliphatic heterocycles. The number of halogens is 1. The van der Waals surface area contributed by atoms with Gasteiger partial charge in [-0.1, -0.05) is 11.6 Å². The second kappa shape index (κ2) is 7.19. The molecule has 1 amide bonds. The molecule has 1 N–H and O–H groups in total. The molecule has 1 unspecified atom stereocenters. The molecule has 0 fully saturated rings. The van der Waals surface area contributed by atoms with Gasteiger partial charge in [0.05, 0.1) is 17.9 Å². The van der Waals surface area contributed by atoms with Gasteiger partial charge in [0.15, 0.2) is 5.15 Å². The van der Waals surface area contributed by atoms with E-state index in [2.05, 4.69) is 10.3 Å². The summed E-state index contributed by atoms with van der Waals surface area (Å²) in [6.07, 6.45) is 1.59.